The molecule has 2 amide bonds. The molecule has 1 saturated heterocycles. The maximum absolute atomic E-state index is 12.9. The van der Waals surface area contributed by atoms with Crippen LogP contribution in [0.15, 0.2) is 40.7 Å². The molecular formula is C17H18FN3O2S2. The molecule has 3 rings (SSSR count). The summed E-state index contributed by atoms with van der Waals surface area (Å²) in [5.74, 6) is 0.131. The van der Waals surface area contributed by atoms with Crippen LogP contribution in [0.25, 0.3) is 0 Å². The van der Waals surface area contributed by atoms with Gasteiger partial charge in [-0.05, 0) is 37.1 Å². The van der Waals surface area contributed by atoms with Crippen molar-refractivity contribution >= 4 is 40.0 Å². The van der Waals surface area contributed by atoms with Crippen molar-refractivity contribution in [1.29, 1.82) is 0 Å². The third-order valence-electron chi connectivity index (χ3n) is 3.94. The van der Waals surface area contributed by atoms with E-state index in [-0.39, 0.29) is 17.6 Å². The molecule has 0 radical (unpaired) electrons. The monoisotopic (exact) mass is 379 g/mol. The summed E-state index contributed by atoms with van der Waals surface area (Å²) in [6, 6.07) is 5.79. The number of nitrogens with zero attached hydrogens (tertiary/aromatic N) is 2. The normalized spacial score (nSPS) is 16.8. The maximum atomic E-state index is 12.9. The molecular weight excluding hydrogens is 361 g/mol. The molecule has 8 heteroatoms. The van der Waals surface area contributed by atoms with E-state index in [1.807, 2.05) is 0 Å². The Kier molecular flexibility index (Phi) is 6.04. The zero-order valence-corrected chi connectivity index (χ0v) is 15.1. The summed E-state index contributed by atoms with van der Waals surface area (Å²) in [4.78, 5) is 31.5. The Hall–Kier alpha value is -1.93. The van der Waals surface area contributed by atoms with E-state index in [0.29, 0.717) is 30.3 Å². The number of carbonyl (C=O) groups excluding carboxylic acids is 2. The van der Waals surface area contributed by atoms with Gasteiger partial charge in [-0.25, -0.2) is 9.37 Å². The number of benzene rings is 1. The van der Waals surface area contributed by atoms with Crippen LogP contribution in [-0.2, 0) is 9.59 Å². The number of likely N-dealkylation sites (tertiary alicyclic amines) is 1. The predicted molar refractivity (Wildman–Crippen MR) is 97.2 cm³/mol. The Morgan fingerprint density at radius 3 is 2.88 bits per heavy atom. The lowest BCUT2D eigenvalue weighted by atomic mass is 10.2. The molecule has 1 aliphatic rings. The number of anilines is 1. The van der Waals surface area contributed by atoms with Crippen molar-refractivity contribution in [2.45, 2.75) is 30.2 Å². The predicted octanol–water partition coefficient (Wildman–Crippen LogP) is 3.39. The summed E-state index contributed by atoms with van der Waals surface area (Å²) >= 11 is 2.86. The van der Waals surface area contributed by atoms with Gasteiger partial charge in [0.2, 0.25) is 11.8 Å². The van der Waals surface area contributed by atoms with E-state index in [2.05, 4.69) is 10.3 Å². The molecule has 132 valence electrons. The maximum Gasteiger partial charge on any atom is 0.248 e. The second-order valence-corrected chi connectivity index (χ2v) is 7.69. The molecule has 1 aromatic heterocycles. The Morgan fingerprint density at radius 1 is 1.36 bits per heavy atom. The highest BCUT2D eigenvalue weighted by Gasteiger charge is 2.33. The quantitative estimate of drug-likeness (QED) is 0.782. The van der Waals surface area contributed by atoms with Gasteiger partial charge in [-0.2, -0.15) is 0 Å². The van der Waals surface area contributed by atoms with Gasteiger partial charge in [0.1, 0.15) is 11.9 Å². The SMILES string of the molecule is O=C(Nc1nccs1)C1CCCN1C(=O)CCSc1ccc(F)cc1. The minimum Gasteiger partial charge on any atom is -0.331 e. The highest BCUT2D eigenvalue weighted by atomic mass is 32.2. The highest BCUT2D eigenvalue weighted by Crippen LogP contribution is 2.23. The van der Waals surface area contributed by atoms with Crippen LogP contribution in [0.3, 0.4) is 0 Å². The third-order valence-corrected chi connectivity index (χ3v) is 5.64. The summed E-state index contributed by atoms with van der Waals surface area (Å²) in [6.07, 6.45) is 3.48. The van der Waals surface area contributed by atoms with Gasteiger partial charge < -0.3 is 10.2 Å². The lowest BCUT2D eigenvalue weighted by Crippen LogP contribution is -2.43. The largest absolute Gasteiger partial charge is 0.331 e. The van der Waals surface area contributed by atoms with Crippen LogP contribution in [-0.4, -0.2) is 40.0 Å². The molecule has 2 aromatic rings. The standard InChI is InChI=1S/C17H18FN3O2S2/c18-12-3-5-13(6-4-12)24-10-7-15(22)21-9-1-2-14(21)16(23)20-17-19-8-11-25-17/h3-6,8,11,14H,1-2,7,9-10H2,(H,19,20,23). The van der Waals surface area contributed by atoms with Crippen molar-refractivity contribution < 1.29 is 14.0 Å². The topological polar surface area (TPSA) is 62.3 Å². The first kappa shape index (κ1) is 17.9. The van der Waals surface area contributed by atoms with E-state index in [0.717, 1.165) is 11.3 Å². The van der Waals surface area contributed by atoms with Crippen LogP contribution in [0.5, 0.6) is 0 Å². The molecule has 0 bridgehead atoms. The van der Waals surface area contributed by atoms with Crippen LogP contribution >= 0.6 is 23.1 Å². The minimum atomic E-state index is -0.424. The molecule has 1 unspecified atom stereocenters. The van der Waals surface area contributed by atoms with Crippen molar-refractivity contribution in [2.75, 3.05) is 17.6 Å². The fraction of sp³-hybridized carbons (Fsp3) is 0.353. The van der Waals surface area contributed by atoms with Crippen LogP contribution in [0.4, 0.5) is 9.52 Å². The molecule has 1 aliphatic heterocycles. The molecule has 1 N–H and O–H groups in total. The number of nitrogens with one attached hydrogen (secondary N) is 1. The molecule has 25 heavy (non-hydrogen) atoms. The molecule has 0 aliphatic carbocycles. The fourth-order valence-electron chi connectivity index (χ4n) is 2.74. The van der Waals surface area contributed by atoms with Crippen LogP contribution in [0.2, 0.25) is 0 Å². The summed E-state index contributed by atoms with van der Waals surface area (Å²) in [6.45, 7) is 0.607. The second kappa shape index (κ2) is 8.44. The van der Waals surface area contributed by atoms with Crippen molar-refractivity contribution in [3.63, 3.8) is 0 Å². The lowest BCUT2D eigenvalue weighted by Gasteiger charge is -2.23. The van der Waals surface area contributed by atoms with Crippen molar-refractivity contribution in [1.82, 2.24) is 9.88 Å². The number of amides is 2. The number of hydrogen-bond donors (Lipinski definition) is 1. The Morgan fingerprint density at radius 2 is 2.16 bits per heavy atom. The molecule has 5 nitrogen and oxygen atoms in total. The van der Waals surface area contributed by atoms with Crippen molar-refractivity contribution in [3.8, 4) is 0 Å². The Balaban J connectivity index is 1.50. The molecule has 1 fully saturated rings. The summed E-state index contributed by atoms with van der Waals surface area (Å²) < 4.78 is 12.9. The second-order valence-electron chi connectivity index (χ2n) is 5.62. The van der Waals surface area contributed by atoms with E-state index in [1.54, 1.807) is 28.6 Å². The fourth-order valence-corrected chi connectivity index (χ4v) is 4.12. The third kappa shape index (κ3) is 4.79. The Labute approximate surface area is 153 Å². The van der Waals surface area contributed by atoms with Crippen LogP contribution < -0.4 is 5.32 Å². The minimum absolute atomic E-state index is 0.0219. The van der Waals surface area contributed by atoms with Gasteiger partial charge in [-0.15, -0.1) is 23.1 Å². The number of aromatic nitrogens is 1. The number of thiazole rings is 1. The molecule has 1 atom stereocenters. The van der Waals surface area contributed by atoms with Gasteiger partial charge in [-0.1, -0.05) is 0 Å². The van der Waals surface area contributed by atoms with Gasteiger partial charge >= 0.3 is 0 Å². The van der Waals surface area contributed by atoms with Gasteiger partial charge in [0.05, 0.1) is 0 Å². The van der Waals surface area contributed by atoms with Gasteiger partial charge in [0.25, 0.3) is 0 Å². The molecule has 0 spiro atoms. The van der Waals surface area contributed by atoms with Crippen molar-refractivity contribution in [3.05, 3.63) is 41.7 Å². The van der Waals surface area contributed by atoms with Gasteiger partial charge in [0, 0.05) is 35.2 Å². The lowest BCUT2D eigenvalue weighted by molar-refractivity contribution is -0.136. The number of halogens is 1. The first-order valence-electron chi connectivity index (χ1n) is 8.01. The number of hydrogen-bond acceptors (Lipinski definition) is 5. The van der Waals surface area contributed by atoms with E-state index in [4.69, 9.17) is 0 Å². The van der Waals surface area contributed by atoms with E-state index in [1.165, 1.54) is 35.2 Å². The average molecular weight is 379 g/mol. The Bertz CT molecular complexity index is 722. The molecule has 1 aromatic carbocycles. The summed E-state index contributed by atoms with van der Waals surface area (Å²) in [7, 11) is 0. The highest BCUT2D eigenvalue weighted by molar-refractivity contribution is 7.99. The number of thioether (sulfide) groups is 1. The zero-order chi connectivity index (χ0) is 17.6. The average Bonchev–Trinajstić information content (AvgIpc) is 3.27. The molecule has 2 heterocycles. The van der Waals surface area contributed by atoms with Gasteiger partial charge in [0.15, 0.2) is 5.13 Å². The van der Waals surface area contributed by atoms with Crippen molar-refractivity contribution in [2.24, 2.45) is 0 Å². The van der Waals surface area contributed by atoms with E-state index in [9.17, 15) is 14.0 Å². The summed E-state index contributed by atoms with van der Waals surface area (Å²) in [5.41, 5.74) is 0. The first-order chi connectivity index (χ1) is 12.1. The number of carbonyl (C=O) groups is 2. The first-order valence-corrected chi connectivity index (χ1v) is 9.88. The summed E-state index contributed by atoms with van der Waals surface area (Å²) in [5, 5.41) is 5.11. The van der Waals surface area contributed by atoms with Crippen LogP contribution in [0, 0.1) is 5.82 Å². The van der Waals surface area contributed by atoms with E-state index >= 15 is 0 Å². The zero-order valence-electron chi connectivity index (χ0n) is 13.5. The van der Waals surface area contributed by atoms with Crippen LogP contribution in [0.1, 0.15) is 19.3 Å². The van der Waals surface area contributed by atoms with Gasteiger partial charge in [-0.3, -0.25) is 9.59 Å². The van der Waals surface area contributed by atoms with E-state index < -0.39 is 6.04 Å². The number of rotatable bonds is 6. The smallest absolute Gasteiger partial charge is 0.248 e. The molecule has 0 saturated carbocycles.